The number of amides is 1. The van der Waals surface area contributed by atoms with E-state index in [4.69, 9.17) is 4.42 Å². The third kappa shape index (κ3) is 2.44. The highest BCUT2D eigenvalue weighted by Crippen LogP contribution is 2.29. The Balaban J connectivity index is 1.73. The summed E-state index contributed by atoms with van der Waals surface area (Å²) in [5.41, 5.74) is 2.43. The van der Waals surface area contributed by atoms with Gasteiger partial charge in [0.05, 0.1) is 0 Å². The molecule has 112 valence electrons. The minimum absolute atomic E-state index is 0.289. The fourth-order valence-corrected chi connectivity index (χ4v) is 2.64. The molecule has 0 saturated carbocycles. The molecule has 0 atom stereocenters. The van der Waals surface area contributed by atoms with Gasteiger partial charge < -0.3 is 9.73 Å². The van der Waals surface area contributed by atoms with Crippen molar-refractivity contribution in [2.24, 2.45) is 0 Å². The van der Waals surface area contributed by atoms with Crippen LogP contribution in [-0.2, 0) is 0 Å². The number of hydrogen-bond acceptors (Lipinski definition) is 2. The van der Waals surface area contributed by atoms with E-state index in [0.717, 1.165) is 21.9 Å². The van der Waals surface area contributed by atoms with E-state index in [0.29, 0.717) is 11.3 Å². The van der Waals surface area contributed by atoms with Crippen molar-refractivity contribution in [1.29, 1.82) is 0 Å². The number of benzene rings is 3. The first-order valence-electron chi connectivity index (χ1n) is 7.19. The number of rotatable bonds is 2. The van der Waals surface area contributed by atoms with Gasteiger partial charge in [-0.1, -0.05) is 24.3 Å². The molecule has 0 fully saturated rings. The lowest BCUT2D eigenvalue weighted by Gasteiger charge is -2.05. The van der Waals surface area contributed by atoms with E-state index in [1.54, 1.807) is 30.3 Å². The molecule has 23 heavy (non-hydrogen) atoms. The SMILES string of the molecule is O=C(Nc1cccc(F)c1)c1ccc2oc3ccccc3c2c1. The lowest BCUT2D eigenvalue weighted by molar-refractivity contribution is 0.102. The number of furan rings is 1. The van der Waals surface area contributed by atoms with Crippen LogP contribution in [0, 0.1) is 5.82 Å². The third-order valence-corrected chi connectivity index (χ3v) is 3.72. The number of carbonyl (C=O) groups is 1. The van der Waals surface area contributed by atoms with E-state index in [1.807, 2.05) is 24.3 Å². The molecule has 0 unspecified atom stereocenters. The van der Waals surface area contributed by atoms with Gasteiger partial charge in [-0.2, -0.15) is 0 Å². The number of para-hydroxylation sites is 1. The lowest BCUT2D eigenvalue weighted by Crippen LogP contribution is -2.11. The summed E-state index contributed by atoms with van der Waals surface area (Å²) in [5.74, 6) is -0.679. The van der Waals surface area contributed by atoms with Crippen LogP contribution in [0.3, 0.4) is 0 Å². The Bertz CT molecular complexity index is 1040. The lowest BCUT2D eigenvalue weighted by atomic mass is 10.1. The van der Waals surface area contributed by atoms with Crippen molar-refractivity contribution in [2.45, 2.75) is 0 Å². The molecular weight excluding hydrogens is 293 g/mol. The average Bonchev–Trinajstić information content (AvgIpc) is 2.92. The normalized spacial score (nSPS) is 11.0. The molecule has 1 heterocycles. The summed E-state index contributed by atoms with van der Waals surface area (Å²) in [7, 11) is 0. The molecule has 3 aromatic carbocycles. The smallest absolute Gasteiger partial charge is 0.255 e. The van der Waals surface area contributed by atoms with Crippen LogP contribution in [0.25, 0.3) is 21.9 Å². The highest BCUT2D eigenvalue weighted by atomic mass is 19.1. The van der Waals surface area contributed by atoms with Gasteiger partial charge in [-0.25, -0.2) is 4.39 Å². The van der Waals surface area contributed by atoms with Gasteiger partial charge in [-0.15, -0.1) is 0 Å². The van der Waals surface area contributed by atoms with Crippen LogP contribution < -0.4 is 5.32 Å². The maximum Gasteiger partial charge on any atom is 0.255 e. The molecule has 3 nitrogen and oxygen atoms in total. The second-order valence-corrected chi connectivity index (χ2v) is 5.27. The van der Waals surface area contributed by atoms with E-state index in [9.17, 15) is 9.18 Å². The molecule has 4 aromatic rings. The van der Waals surface area contributed by atoms with Crippen LogP contribution in [0.5, 0.6) is 0 Å². The van der Waals surface area contributed by atoms with Crippen LogP contribution in [0.1, 0.15) is 10.4 Å². The predicted molar refractivity (Wildman–Crippen MR) is 88.1 cm³/mol. The zero-order chi connectivity index (χ0) is 15.8. The van der Waals surface area contributed by atoms with Crippen molar-refractivity contribution < 1.29 is 13.6 Å². The van der Waals surface area contributed by atoms with Gasteiger partial charge in [-0.05, 0) is 42.5 Å². The maximum atomic E-state index is 13.2. The van der Waals surface area contributed by atoms with Crippen molar-refractivity contribution in [3.63, 3.8) is 0 Å². The first kappa shape index (κ1) is 13.5. The Kier molecular flexibility index (Phi) is 3.08. The summed E-state index contributed by atoms with van der Waals surface area (Å²) < 4.78 is 18.9. The van der Waals surface area contributed by atoms with Crippen molar-refractivity contribution in [1.82, 2.24) is 0 Å². The van der Waals surface area contributed by atoms with E-state index in [2.05, 4.69) is 5.32 Å². The van der Waals surface area contributed by atoms with E-state index in [-0.39, 0.29) is 11.7 Å². The molecule has 0 radical (unpaired) electrons. The minimum atomic E-state index is -0.390. The van der Waals surface area contributed by atoms with E-state index >= 15 is 0 Å². The quantitative estimate of drug-likeness (QED) is 0.567. The van der Waals surface area contributed by atoms with Gasteiger partial charge in [0.2, 0.25) is 0 Å². The molecule has 0 aliphatic heterocycles. The molecule has 1 N–H and O–H groups in total. The highest BCUT2D eigenvalue weighted by molar-refractivity contribution is 6.10. The van der Waals surface area contributed by atoms with Crippen LogP contribution in [0.2, 0.25) is 0 Å². The Morgan fingerprint density at radius 1 is 0.870 bits per heavy atom. The van der Waals surface area contributed by atoms with Crippen LogP contribution >= 0.6 is 0 Å². The standard InChI is InChI=1S/C19H12FNO2/c20-13-4-3-5-14(11-13)21-19(22)12-8-9-18-16(10-12)15-6-1-2-7-17(15)23-18/h1-11H,(H,21,22). The molecule has 0 aliphatic rings. The van der Waals surface area contributed by atoms with Crippen molar-refractivity contribution in [3.8, 4) is 0 Å². The molecule has 0 bridgehead atoms. The molecule has 0 spiro atoms. The van der Waals surface area contributed by atoms with Crippen LogP contribution in [-0.4, -0.2) is 5.91 Å². The van der Waals surface area contributed by atoms with Crippen molar-refractivity contribution >= 4 is 33.5 Å². The van der Waals surface area contributed by atoms with E-state index in [1.165, 1.54) is 12.1 Å². The molecular formula is C19H12FNO2. The molecule has 1 amide bonds. The Morgan fingerprint density at radius 3 is 2.57 bits per heavy atom. The predicted octanol–water partition coefficient (Wildman–Crippen LogP) is 4.98. The van der Waals surface area contributed by atoms with Crippen molar-refractivity contribution in [3.05, 3.63) is 78.1 Å². The second-order valence-electron chi connectivity index (χ2n) is 5.27. The van der Waals surface area contributed by atoms with Gasteiger partial charge in [0.1, 0.15) is 17.0 Å². The van der Waals surface area contributed by atoms with Gasteiger partial charge in [-0.3, -0.25) is 4.79 Å². The van der Waals surface area contributed by atoms with Gasteiger partial charge >= 0.3 is 0 Å². The number of anilines is 1. The first-order valence-corrected chi connectivity index (χ1v) is 7.19. The zero-order valence-corrected chi connectivity index (χ0v) is 12.0. The Labute approximate surface area is 131 Å². The minimum Gasteiger partial charge on any atom is -0.456 e. The summed E-state index contributed by atoms with van der Waals surface area (Å²) in [5, 5.41) is 4.54. The van der Waals surface area contributed by atoms with Gasteiger partial charge in [0.15, 0.2) is 0 Å². The van der Waals surface area contributed by atoms with Gasteiger partial charge in [0.25, 0.3) is 5.91 Å². The fourth-order valence-electron chi connectivity index (χ4n) is 2.64. The number of fused-ring (bicyclic) bond motifs is 3. The summed E-state index contributed by atoms with van der Waals surface area (Å²) in [6.45, 7) is 0. The molecule has 1 aromatic heterocycles. The van der Waals surface area contributed by atoms with Crippen molar-refractivity contribution in [2.75, 3.05) is 5.32 Å². The summed E-state index contributed by atoms with van der Waals surface area (Å²) in [6, 6.07) is 18.7. The number of nitrogens with one attached hydrogen (secondary N) is 1. The molecule has 0 aliphatic carbocycles. The van der Waals surface area contributed by atoms with Crippen LogP contribution in [0.15, 0.2) is 71.1 Å². The fraction of sp³-hybridized carbons (Fsp3) is 0. The zero-order valence-electron chi connectivity index (χ0n) is 12.0. The number of halogens is 1. The van der Waals surface area contributed by atoms with Crippen LogP contribution in [0.4, 0.5) is 10.1 Å². The van der Waals surface area contributed by atoms with E-state index < -0.39 is 0 Å². The highest BCUT2D eigenvalue weighted by Gasteiger charge is 2.11. The number of hydrogen-bond donors (Lipinski definition) is 1. The molecule has 4 rings (SSSR count). The third-order valence-electron chi connectivity index (χ3n) is 3.72. The maximum absolute atomic E-state index is 13.2. The summed E-state index contributed by atoms with van der Waals surface area (Å²) in [4.78, 5) is 12.4. The Morgan fingerprint density at radius 2 is 1.70 bits per heavy atom. The average molecular weight is 305 g/mol. The topological polar surface area (TPSA) is 42.2 Å². The summed E-state index contributed by atoms with van der Waals surface area (Å²) in [6.07, 6.45) is 0. The number of carbonyl (C=O) groups excluding carboxylic acids is 1. The second kappa shape index (κ2) is 5.25. The first-order chi connectivity index (χ1) is 11.2. The molecule has 0 saturated heterocycles. The molecule has 4 heteroatoms. The summed E-state index contributed by atoms with van der Waals surface area (Å²) >= 11 is 0. The Hall–Kier alpha value is -3.14. The van der Waals surface area contributed by atoms with Gasteiger partial charge in [0, 0.05) is 22.0 Å². The largest absolute Gasteiger partial charge is 0.456 e. The monoisotopic (exact) mass is 305 g/mol.